The lowest BCUT2D eigenvalue weighted by molar-refractivity contribution is 0.0438. The molecule has 1 aliphatic heterocycles. The first-order valence-electron chi connectivity index (χ1n) is 6.10. The predicted molar refractivity (Wildman–Crippen MR) is 72.3 cm³/mol. The summed E-state index contributed by atoms with van der Waals surface area (Å²) in [5.74, 6) is -0.0125. The number of aliphatic hydroxyl groups is 1. The lowest BCUT2D eigenvalue weighted by Gasteiger charge is -2.22. The van der Waals surface area contributed by atoms with Crippen LogP contribution in [0.15, 0.2) is 22.9 Å². The van der Waals surface area contributed by atoms with Crippen LogP contribution < -0.4 is 0 Å². The Labute approximate surface area is 115 Å². The molecular formula is C13H17BrN2O2. The van der Waals surface area contributed by atoms with Crippen molar-refractivity contribution >= 4 is 21.8 Å². The number of hydrogen-bond acceptors (Lipinski definition) is 3. The van der Waals surface area contributed by atoms with Crippen LogP contribution in [0, 0.1) is 0 Å². The highest BCUT2D eigenvalue weighted by molar-refractivity contribution is 9.10. The van der Waals surface area contributed by atoms with Crippen LogP contribution >= 0.6 is 15.9 Å². The van der Waals surface area contributed by atoms with E-state index in [2.05, 4.69) is 20.9 Å². The van der Waals surface area contributed by atoms with Gasteiger partial charge in [-0.3, -0.25) is 9.78 Å². The topological polar surface area (TPSA) is 53.4 Å². The summed E-state index contributed by atoms with van der Waals surface area (Å²) in [4.78, 5) is 18.1. The third-order valence-corrected chi connectivity index (χ3v) is 3.74. The maximum absolute atomic E-state index is 12.3. The predicted octanol–water partition coefficient (Wildman–Crippen LogP) is 2.22. The molecule has 0 bridgehead atoms. The fourth-order valence-corrected chi connectivity index (χ4v) is 2.54. The number of aromatic nitrogens is 1. The van der Waals surface area contributed by atoms with Crippen LogP contribution in [0.3, 0.4) is 0 Å². The fourth-order valence-electron chi connectivity index (χ4n) is 2.18. The molecule has 1 unspecified atom stereocenters. The van der Waals surface area contributed by atoms with Gasteiger partial charge in [-0.15, -0.1) is 0 Å². The Balaban J connectivity index is 2.10. The first-order valence-corrected chi connectivity index (χ1v) is 6.89. The molecule has 0 saturated carbocycles. The molecule has 1 aliphatic rings. The number of rotatable bonds is 1. The van der Waals surface area contributed by atoms with Gasteiger partial charge < -0.3 is 10.0 Å². The Morgan fingerprint density at radius 1 is 1.44 bits per heavy atom. The molecule has 2 rings (SSSR count). The largest absolute Gasteiger partial charge is 0.390 e. The molecule has 0 aliphatic carbocycles. The van der Waals surface area contributed by atoms with E-state index in [0.29, 0.717) is 25.1 Å². The van der Waals surface area contributed by atoms with E-state index in [0.717, 1.165) is 17.3 Å². The number of amides is 1. The number of carbonyl (C=O) groups is 1. The number of hydrogen-bond donors (Lipinski definition) is 1. The van der Waals surface area contributed by atoms with Crippen molar-refractivity contribution in [2.45, 2.75) is 31.8 Å². The molecule has 1 saturated heterocycles. The second kappa shape index (κ2) is 5.36. The van der Waals surface area contributed by atoms with Gasteiger partial charge in [-0.25, -0.2) is 0 Å². The van der Waals surface area contributed by atoms with E-state index in [1.807, 2.05) is 6.92 Å². The number of likely N-dealkylation sites (tertiary alicyclic amines) is 1. The molecular weight excluding hydrogens is 296 g/mol. The highest BCUT2D eigenvalue weighted by Gasteiger charge is 2.27. The van der Waals surface area contributed by atoms with Crippen molar-refractivity contribution in [1.29, 1.82) is 0 Å². The van der Waals surface area contributed by atoms with Crippen LogP contribution in [0.25, 0.3) is 0 Å². The zero-order chi connectivity index (χ0) is 13.2. The molecule has 0 radical (unpaired) electrons. The Kier molecular flexibility index (Phi) is 4.02. The van der Waals surface area contributed by atoms with E-state index in [1.165, 1.54) is 0 Å². The van der Waals surface area contributed by atoms with Gasteiger partial charge in [-0.05, 0) is 48.2 Å². The number of carbonyl (C=O) groups excluding carboxylic acids is 1. The maximum Gasteiger partial charge on any atom is 0.255 e. The van der Waals surface area contributed by atoms with Crippen molar-refractivity contribution < 1.29 is 9.90 Å². The smallest absolute Gasteiger partial charge is 0.255 e. The number of pyridine rings is 1. The van der Waals surface area contributed by atoms with Crippen molar-refractivity contribution in [3.05, 3.63) is 28.5 Å². The molecule has 1 atom stereocenters. The number of nitrogens with zero attached hydrogens (tertiary/aromatic N) is 2. The summed E-state index contributed by atoms with van der Waals surface area (Å²) < 4.78 is 0.801. The monoisotopic (exact) mass is 312 g/mol. The summed E-state index contributed by atoms with van der Waals surface area (Å²) in [5, 5.41) is 10.0. The average Bonchev–Trinajstić information content (AvgIpc) is 2.49. The van der Waals surface area contributed by atoms with Crippen molar-refractivity contribution in [1.82, 2.24) is 9.88 Å². The fraction of sp³-hybridized carbons (Fsp3) is 0.538. The van der Waals surface area contributed by atoms with Crippen LogP contribution in [0.5, 0.6) is 0 Å². The summed E-state index contributed by atoms with van der Waals surface area (Å²) in [5.41, 5.74) is -0.0594. The van der Waals surface area contributed by atoms with Gasteiger partial charge in [-0.1, -0.05) is 0 Å². The van der Waals surface area contributed by atoms with Crippen molar-refractivity contribution in [2.75, 3.05) is 13.1 Å². The molecule has 2 heterocycles. The molecule has 1 aromatic rings. The highest BCUT2D eigenvalue weighted by atomic mass is 79.9. The zero-order valence-corrected chi connectivity index (χ0v) is 12.0. The second-order valence-corrected chi connectivity index (χ2v) is 5.95. The molecule has 0 aromatic carbocycles. The van der Waals surface area contributed by atoms with Crippen LogP contribution in [-0.4, -0.2) is 39.6 Å². The summed E-state index contributed by atoms with van der Waals surface area (Å²) in [6.45, 7) is 3.13. The van der Waals surface area contributed by atoms with E-state index in [4.69, 9.17) is 0 Å². The standard InChI is InChI=1S/C13H17BrN2O2/c1-13(18)3-2-5-16(6-4-13)12(17)10-7-11(14)9-15-8-10/h7-9,18H,2-6H2,1H3. The van der Waals surface area contributed by atoms with Crippen molar-refractivity contribution in [2.24, 2.45) is 0 Å². The Hall–Kier alpha value is -0.940. The van der Waals surface area contributed by atoms with Crippen LogP contribution in [0.4, 0.5) is 0 Å². The minimum atomic E-state index is -0.648. The molecule has 1 amide bonds. The lowest BCUT2D eigenvalue weighted by Crippen LogP contribution is -2.33. The molecule has 1 aromatic heterocycles. The summed E-state index contributed by atoms with van der Waals surface area (Å²) in [7, 11) is 0. The molecule has 18 heavy (non-hydrogen) atoms. The molecule has 1 fully saturated rings. The lowest BCUT2D eigenvalue weighted by atomic mass is 9.98. The van der Waals surface area contributed by atoms with E-state index in [-0.39, 0.29) is 5.91 Å². The van der Waals surface area contributed by atoms with Gasteiger partial charge in [0.1, 0.15) is 0 Å². The van der Waals surface area contributed by atoms with Crippen molar-refractivity contribution in [3.63, 3.8) is 0 Å². The van der Waals surface area contributed by atoms with Crippen LogP contribution in [-0.2, 0) is 0 Å². The SMILES string of the molecule is CC1(O)CCCN(C(=O)c2cncc(Br)c2)CC1. The quantitative estimate of drug-likeness (QED) is 0.865. The second-order valence-electron chi connectivity index (χ2n) is 5.03. The molecule has 4 nitrogen and oxygen atoms in total. The summed E-state index contributed by atoms with van der Waals surface area (Å²) in [6, 6.07) is 1.78. The van der Waals surface area contributed by atoms with Gasteiger partial charge in [0.05, 0.1) is 11.2 Å². The Morgan fingerprint density at radius 3 is 2.94 bits per heavy atom. The summed E-state index contributed by atoms with van der Waals surface area (Å²) >= 11 is 3.31. The molecule has 5 heteroatoms. The zero-order valence-electron chi connectivity index (χ0n) is 10.4. The van der Waals surface area contributed by atoms with Gasteiger partial charge in [-0.2, -0.15) is 0 Å². The van der Waals surface area contributed by atoms with Gasteiger partial charge in [0.15, 0.2) is 0 Å². The van der Waals surface area contributed by atoms with Gasteiger partial charge >= 0.3 is 0 Å². The van der Waals surface area contributed by atoms with Crippen LogP contribution in [0.2, 0.25) is 0 Å². The third-order valence-electron chi connectivity index (χ3n) is 3.30. The first kappa shape index (κ1) is 13.5. The van der Waals surface area contributed by atoms with E-state index in [9.17, 15) is 9.90 Å². The third kappa shape index (κ3) is 3.29. The highest BCUT2D eigenvalue weighted by Crippen LogP contribution is 2.22. The normalized spacial score (nSPS) is 24.7. The van der Waals surface area contributed by atoms with Crippen molar-refractivity contribution in [3.8, 4) is 0 Å². The van der Waals surface area contributed by atoms with Gasteiger partial charge in [0, 0.05) is 30.0 Å². The Bertz CT molecular complexity index is 448. The number of halogens is 1. The minimum Gasteiger partial charge on any atom is -0.390 e. The van der Waals surface area contributed by atoms with Gasteiger partial charge in [0.25, 0.3) is 5.91 Å². The molecule has 1 N–H and O–H groups in total. The van der Waals surface area contributed by atoms with Crippen LogP contribution in [0.1, 0.15) is 36.5 Å². The van der Waals surface area contributed by atoms with E-state index in [1.54, 1.807) is 23.4 Å². The summed E-state index contributed by atoms with van der Waals surface area (Å²) in [6.07, 6.45) is 5.44. The van der Waals surface area contributed by atoms with E-state index < -0.39 is 5.60 Å². The molecule has 98 valence electrons. The van der Waals surface area contributed by atoms with E-state index >= 15 is 0 Å². The molecule has 0 spiro atoms. The minimum absolute atomic E-state index is 0.0125. The Morgan fingerprint density at radius 2 is 2.22 bits per heavy atom. The first-order chi connectivity index (χ1) is 8.48. The van der Waals surface area contributed by atoms with Gasteiger partial charge in [0.2, 0.25) is 0 Å². The average molecular weight is 313 g/mol. The maximum atomic E-state index is 12.3.